The number of rotatable bonds is 6. The summed E-state index contributed by atoms with van der Waals surface area (Å²) in [5.41, 5.74) is 0. The molecule has 1 heterocycles. The fourth-order valence-electron chi connectivity index (χ4n) is 1.09. The SMILES string of the molecule is CCC(Br)CCNS(=O)(=O)c1cnc(C)s1. The molecule has 0 saturated heterocycles. The smallest absolute Gasteiger partial charge is 0.249 e. The zero-order valence-corrected chi connectivity index (χ0v) is 12.5. The van der Waals surface area contributed by atoms with Gasteiger partial charge in [-0.2, -0.15) is 0 Å². The lowest BCUT2D eigenvalue weighted by molar-refractivity contribution is 0.579. The van der Waals surface area contributed by atoms with E-state index in [-0.39, 0.29) is 4.21 Å². The molecule has 0 saturated carbocycles. The van der Waals surface area contributed by atoms with Crippen LogP contribution in [0.3, 0.4) is 0 Å². The van der Waals surface area contributed by atoms with Gasteiger partial charge in [-0.3, -0.25) is 0 Å². The summed E-state index contributed by atoms with van der Waals surface area (Å²) in [5, 5.41) is 0.757. The quantitative estimate of drug-likeness (QED) is 0.816. The van der Waals surface area contributed by atoms with Gasteiger partial charge in [0.15, 0.2) is 4.21 Å². The Balaban J connectivity index is 2.53. The summed E-state index contributed by atoms with van der Waals surface area (Å²) < 4.78 is 26.4. The van der Waals surface area contributed by atoms with Crippen LogP contribution in [0.15, 0.2) is 10.4 Å². The van der Waals surface area contributed by atoms with Crippen molar-refractivity contribution in [1.82, 2.24) is 9.71 Å². The molecule has 1 N–H and O–H groups in total. The standard InChI is InChI=1S/C9H15BrN2O2S2/c1-3-8(10)4-5-12-16(13,14)9-6-11-7(2)15-9/h6,8,12H,3-5H2,1-2H3. The molecule has 1 rings (SSSR count). The molecule has 0 amide bonds. The molecule has 0 aliphatic rings. The molecular weight excluding hydrogens is 312 g/mol. The Hall–Kier alpha value is 0.0200. The second-order valence-electron chi connectivity index (χ2n) is 3.39. The summed E-state index contributed by atoms with van der Waals surface area (Å²) >= 11 is 4.65. The molecule has 0 aliphatic heterocycles. The van der Waals surface area contributed by atoms with E-state index in [4.69, 9.17) is 0 Å². The van der Waals surface area contributed by atoms with Crippen molar-refractivity contribution in [3.05, 3.63) is 11.2 Å². The van der Waals surface area contributed by atoms with Crippen molar-refractivity contribution in [3.63, 3.8) is 0 Å². The van der Waals surface area contributed by atoms with E-state index < -0.39 is 10.0 Å². The third-order valence-corrected chi connectivity index (χ3v) is 6.00. The van der Waals surface area contributed by atoms with Gasteiger partial charge in [0.25, 0.3) is 10.0 Å². The minimum absolute atomic E-state index is 0.285. The summed E-state index contributed by atoms with van der Waals surface area (Å²) in [5.74, 6) is 0. The van der Waals surface area contributed by atoms with Crippen molar-refractivity contribution in [3.8, 4) is 0 Å². The first-order valence-corrected chi connectivity index (χ1v) is 8.23. The lowest BCUT2D eigenvalue weighted by Crippen LogP contribution is -2.25. The van der Waals surface area contributed by atoms with Crippen LogP contribution < -0.4 is 4.72 Å². The van der Waals surface area contributed by atoms with Crippen LogP contribution in [0, 0.1) is 6.92 Å². The van der Waals surface area contributed by atoms with Gasteiger partial charge in [0.05, 0.1) is 11.2 Å². The molecule has 4 nitrogen and oxygen atoms in total. The van der Waals surface area contributed by atoms with E-state index >= 15 is 0 Å². The second-order valence-corrected chi connectivity index (χ2v) is 7.91. The van der Waals surface area contributed by atoms with Gasteiger partial charge >= 0.3 is 0 Å². The fraction of sp³-hybridized carbons (Fsp3) is 0.667. The Labute approximate surface area is 109 Å². The van der Waals surface area contributed by atoms with Gasteiger partial charge in [-0.15, -0.1) is 11.3 Å². The van der Waals surface area contributed by atoms with Crippen molar-refractivity contribution in [2.24, 2.45) is 0 Å². The number of thiazole rings is 1. The topological polar surface area (TPSA) is 59.1 Å². The number of aromatic nitrogens is 1. The highest BCUT2D eigenvalue weighted by atomic mass is 79.9. The van der Waals surface area contributed by atoms with Crippen LogP contribution in [-0.4, -0.2) is 24.8 Å². The monoisotopic (exact) mass is 326 g/mol. The molecule has 0 spiro atoms. The van der Waals surface area contributed by atoms with E-state index in [0.717, 1.165) is 17.8 Å². The van der Waals surface area contributed by atoms with Gasteiger partial charge in [0, 0.05) is 11.4 Å². The fourth-order valence-corrected chi connectivity index (χ4v) is 3.52. The van der Waals surface area contributed by atoms with Crippen molar-refractivity contribution in [1.29, 1.82) is 0 Å². The highest BCUT2D eigenvalue weighted by molar-refractivity contribution is 9.09. The summed E-state index contributed by atoms with van der Waals surface area (Å²) in [6.07, 6.45) is 3.17. The number of halogens is 1. The zero-order valence-electron chi connectivity index (χ0n) is 9.23. The van der Waals surface area contributed by atoms with E-state index in [9.17, 15) is 8.42 Å². The van der Waals surface area contributed by atoms with E-state index in [2.05, 4.69) is 32.6 Å². The van der Waals surface area contributed by atoms with E-state index in [1.54, 1.807) is 6.92 Å². The minimum atomic E-state index is -3.36. The first-order chi connectivity index (χ1) is 7.45. The van der Waals surface area contributed by atoms with Gasteiger partial charge < -0.3 is 0 Å². The number of hydrogen-bond donors (Lipinski definition) is 1. The van der Waals surface area contributed by atoms with Crippen molar-refractivity contribution >= 4 is 37.3 Å². The molecule has 0 aromatic carbocycles. The highest BCUT2D eigenvalue weighted by Crippen LogP contribution is 2.17. The number of sulfonamides is 1. The summed E-state index contributed by atoms with van der Waals surface area (Å²) in [6.45, 7) is 4.29. The van der Waals surface area contributed by atoms with Crippen LogP contribution in [0.4, 0.5) is 0 Å². The molecule has 0 aliphatic carbocycles. The Kier molecular flexibility index (Phi) is 5.36. The maximum absolute atomic E-state index is 11.8. The van der Waals surface area contributed by atoms with Crippen molar-refractivity contribution < 1.29 is 8.42 Å². The van der Waals surface area contributed by atoms with Gasteiger partial charge in [-0.05, 0) is 19.8 Å². The third-order valence-electron chi connectivity index (χ3n) is 2.06. The first-order valence-electron chi connectivity index (χ1n) is 5.02. The Bertz CT molecular complexity index is 430. The summed E-state index contributed by atoms with van der Waals surface area (Å²) in [4.78, 5) is 4.29. The second kappa shape index (κ2) is 6.09. The van der Waals surface area contributed by atoms with Gasteiger partial charge in [-0.25, -0.2) is 18.1 Å². The van der Waals surface area contributed by atoms with Gasteiger partial charge in [0.1, 0.15) is 0 Å². The molecule has 1 atom stereocenters. The normalized spacial score (nSPS) is 13.9. The highest BCUT2D eigenvalue weighted by Gasteiger charge is 2.16. The molecule has 16 heavy (non-hydrogen) atoms. The van der Waals surface area contributed by atoms with E-state index in [0.29, 0.717) is 11.4 Å². The predicted octanol–water partition coefficient (Wildman–Crippen LogP) is 2.29. The number of aryl methyl sites for hydroxylation is 1. The van der Waals surface area contributed by atoms with Gasteiger partial charge in [-0.1, -0.05) is 22.9 Å². The van der Waals surface area contributed by atoms with Crippen LogP contribution in [0.25, 0.3) is 0 Å². The molecule has 7 heteroatoms. The van der Waals surface area contributed by atoms with E-state index in [1.807, 2.05) is 0 Å². The Morgan fingerprint density at radius 3 is 2.81 bits per heavy atom. The lowest BCUT2D eigenvalue weighted by Gasteiger charge is -2.07. The van der Waals surface area contributed by atoms with Crippen LogP contribution >= 0.6 is 27.3 Å². The minimum Gasteiger partial charge on any atom is -0.249 e. The third kappa shape index (κ3) is 4.12. The van der Waals surface area contributed by atoms with E-state index in [1.165, 1.54) is 17.5 Å². The Morgan fingerprint density at radius 1 is 1.62 bits per heavy atom. The van der Waals surface area contributed by atoms with Crippen LogP contribution in [-0.2, 0) is 10.0 Å². The summed E-state index contributed by atoms with van der Waals surface area (Å²) in [7, 11) is -3.36. The van der Waals surface area contributed by atoms with Crippen LogP contribution in [0.1, 0.15) is 24.8 Å². The molecule has 1 unspecified atom stereocenters. The predicted molar refractivity (Wildman–Crippen MR) is 69.7 cm³/mol. The maximum atomic E-state index is 11.8. The molecule has 1 aromatic heterocycles. The zero-order chi connectivity index (χ0) is 12.2. The molecule has 0 fully saturated rings. The van der Waals surface area contributed by atoms with Gasteiger partial charge in [0.2, 0.25) is 0 Å². The van der Waals surface area contributed by atoms with Crippen LogP contribution in [0.2, 0.25) is 0 Å². The number of hydrogen-bond acceptors (Lipinski definition) is 4. The molecule has 0 radical (unpaired) electrons. The lowest BCUT2D eigenvalue weighted by atomic mass is 10.2. The summed E-state index contributed by atoms with van der Waals surface area (Å²) in [6, 6.07) is 0. The number of nitrogens with zero attached hydrogens (tertiary/aromatic N) is 1. The first kappa shape index (κ1) is 14.1. The molecule has 92 valence electrons. The van der Waals surface area contributed by atoms with Crippen molar-refractivity contribution in [2.45, 2.75) is 35.7 Å². The molecule has 0 bridgehead atoms. The molecule has 1 aromatic rings. The number of alkyl halides is 1. The average molecular weight is 327 g/mol. The van der Waals surface area contributed by atoms with Crippen molar-refractivity contribution in [2.75, 3.05) is 6.54 Å². The molecular formula is C9H15BrN2O2S2. The van der Waals surface area contributed by atoms with Crippen LogP contribution in [0.5, 0.6) is 0 Å². The Morgan fingerprint density at radius 2 is 2.31 bits per heavy atom. The number of nitrogens with one attached hydrogen (secondary N) is 1. The largest absolute Gasteiger partial charge is 0.251 e. The average Bonchev–Trinajstić information content (AvgIpc) is 2.65. The maximum Gasteiger partial charge on any atom is 0.251 e.